The fourth-order valence-electron chi connectivity index (χ4n) is 1.74. The molecule has 0 aliphatic rings. The van der Waals surface area contributed by atoms with Gasteiger partial charge in [-0.15, -0.1) is 0 Å². The molecular weight excluding hydrogens is 269 g/mol. The van der Waals surface area contributed by atoms with Crippen molar-refractivity contribution in [2.24, 2.45) is 0 Å². The fraction of sp³-hybridized carbons (Fsp3) is 0.385. The zero-order valence-corrected chi connectivity index (χ0v) is 11.3. The molecular formula is C13H15ClFN3O. The standard InChI is InChI=1S/C13H15ClFN3O/c1-2-11(19)7-18-13(16-8-17-18)5-9-3-4-10(15)6-12(9)14/h3-4,6,8,11,19H,2,5,7H2,1H3. The van der Waals surface area contributed by atoms with Gasteiger partial charge in [-0.3, -0.25) is 0 Å². The number of halogens is 2. The van der Waals surface area contributed by atoms with Gasteiger partial charge in [0, 0.05) is 11.4 Å². The van der Waals surface area contributed by atoms with Crippen LogP contribution in [0.15, 0.2) is 24.5 Å². The fourth-order valence-corrected chi connectivity index (χ4v) is 1.98. The van der Waals surface area contributed by atoms with Crippen LogP contribution in [-0.4, -0.2) is 26.0 Å². The van der Waals surface area contributed by atoms with E-state index in [1.807, 2.05) is 6.92 Å². The van der Waals surface area contributed by atoms with E-state index in [0.717, 1.165) is 5.56 Å². The number of aliphatic hydroxyl groups is 1. The minimum atomic E-state index is -0.455. The predicted molar refractivity (Wildman–Crippen MR) is 70.5 cm³/mol. The molecule has 1 heterocycles. The van der Waals surface area contributed by atoms with Gasteiger partial charge in [-0.05, 0) is 24.1 Å². The third kappa shape index (κ3) is 3.52. The summed E-state index contributed by atoms with van der Waals surface area (Å²) in [6.07, 6.45) is 2.09. The molecule has 1 unspecified atom stereocenters. The second-order valence-electron chi connectivity index (χ2n) is 4.33. The largest absolute Gasteiger partial charge is 0.391 e. The van der Waals surface area contributed by atoms with Gasteiger partial charge in [0.25, 0.3) is 0 Å². The van der Waals surface area contributed by atoms with Gasteiger partial charge in [-0.25, -0.2) is 14.1 Å². The molecule has 0 aliphatic carbocycles. The Morgan fingerprint density at radius 2 is 2.26 bits per heavy atom. The van der Waals surface area contributed by atoms with Crippen LogP contribution in [0.1, 0.15) is 24.7 Å². The van der Waals surface area contributed by atoms with E-state index in [-0.39, 0.29) is 5.82 Å². The lowest BCUT2D eigenvalue weighted by molar-refractivity contribution is 0.144. The van der Waals surface area contributed by atoms with E-state index in [0.29, 0.717) is 30.2 Å². The quantitative estimate of drug-likeness (QED) is 0.917. The van der Waals surface area contributed by atoms with Crippen molar-refractivity contribution in [1.82, 2.24) is 14.8 Å². The van der Waals surface area contributed by atoms with Gasteiger partial charge < -0.3 is 5.11 Å². The molecule has 19 heavy (non-hydrogen) atoms. The summed E-state index contributed by atoms with van der Waals surface area (Å²) in [7, 11) is 0. The van der Waals surface area contributed by atoms with Gasteiger partial charge in [0.1, 0.15) is 18.0 Å². The van der Waals surface area contributed by atoms with E-state index in [1.165, 1.54) is 18.5 Å². The minimum absolute atomic E-state index is 0.364. The Labute approximate surface area is 115 Å². The summed E-state index contributed by atoms with van der Waals surface area (Å²) >= 11 is 5.98. The molecule has 0 amide bonds. The second kappa shape index (κ2) is 6.12. The summed E-state index contributed by atoms with van der Waals surface area (Å²) in [4.78, 5) is 4.15. The second-order valence-corrected chi connectivity index (χ2v) is 4.74. The molecule has 1 aromatic carbocycles. The summed E-state index contributed by atoms with van der Waals surface area (Å²) in [6.45, 7) is 2.29. The number of rotatable bonds is 5. The highest BCUT2D eigenvalue weighted by Crippen LogP contribution is 2.19. The van der Waals surface area contributed by atoms with Crippen LogP contribution in [0.5, 0.6) is 0 Å². The maximum absolute atomic E-state index is 13.0. The normalized spacial score (nSPS) is 12.6. The number of aromatic nitrogens is 3. The molecule has 0 aliphatic heterocycles. The molecule has 2 rings (SSSR count). The summed E-state index contributed by atoms with van der Waals surface area (Å²) in [6, 6.07) is 4.27. The molecule has 0 saturated carbocycles. The molecule has 1 aromatic heterocycles. The summed E-state index contributed by atoms with van der Waals surface area (Å²) < 4.78 is 14.6. The van der Waals surface area contributed by atoms with Crippen molar-refractivity contribution in [1.29, 1.82) is 0 Å². The lowest BCUT2D eigenvalue weighted by Gasteiger charge is -2.10. The molecule has 1 atom stereocenters. The topological polar surface area (TPSA) is 50.9 Å². The maximum atomic E-state index is 13.0. The minimum Gasteiger partial charge on any atom is -0.391 e. The van der Waals surface area contributed by atoms with Crippen molar-refractivity contribution in [2.45, 2.75) is 32.4 Å². The van der Waals surface area contributed by atoms with Gasteiger partial charge >= 0.3 is 0 Å². The van der Waals surface area contributed by atoms with Crippen molar-refractivity contribution >= 4 is 11.6 Å². The molecule has 0 bridgehead atoms. The molecule has 102 valence electrons. The van der Waals surface area contributed by atoms with Gasteiger partial charge in [0.2, 0.25) is 0 Å². The zero-order valence-electron chi connectivity index (χ0n) is 10.6. The average Bonchev–Trinajstić information content (AvgIpc) is 2.80. The van der Waals surface area contributed by atoms with Gasteiger partial charge in [0.05, 0.1) is 12.6 Å². The first-order chi connectivity index (χ1) is 9.10. The van der Waals surface area contributed by atoms with Crippen LogP contribution in [0.2, 0.25) is 5.02 Å². The lowest BCUT2D eigenvalue weighted by atomic mass is 10.1. The van der Waals surface area contributed by atoms with E-state index >= 15 is 0 Å². The molecule has 0 radical (unpaired) electrons. The first kappa shape index (κ1) is 14.0. The Kier molecular flexibility index (Phi) is 4.50. The smallest absolute Gasteiger partial charge is 0.138 e. The van der Waals surface area contributed by atoms with Crippen LogP contribution >= 0.6 is 11.6 Å². The highest BCUT2D eigenvalue weighted by Gasteiger charge is 2.11. The van der Waals surface area contributed by atoms with E-state index in [1.54, 1.807) is 10.7 Å². The van der Waals surface area contributed by atoms with E-state index in [2.05, 4.69) is 10.1 Å². The summed E-state index contributed by atoms with van der Waals surface area (Å²) in [5, 5.41) is 14.1. The van der Waals surface area contributed by atoms with Gasteiger partial charge in [-0.1, -0.05) is 24.6 Å². The van der Waals surface area contributed by atoms with Crippen LogP contribution in [0.25, 0.3) is 0 Å². The monoisotopic (exact) mass is 283 g/mol. The van der Waals surface area contributed by atoms with Gasteiger partial charge in [-0.2, -0.15) is 5.10 Å². The van der Waals surface area contributed by atoms with Crippen LogP contribution in [-0.2, 0) is 13.0 Å². The summed E-state index contributed by atoms with van der Waals surface area (Å²) in [5.41, 5.74) is 0.781. The van der Waals surface area contributed by atoms with Crippen LogP contribution < -0.4 is 0 Å². The first-order valence-electron chi connectivity index (χ1n) is 6.08. The molecule has 6 heteroatoms. The van der Waals surface area contributed by atoms with Gasteiger partial charge in [0.15, 0.2) is 0 Å². The SMILES string of the molecule is CCC(O)Cn1ncnc1Cc1ccc(F)cc1Cl. The highest BCUT2D eigenvalue weighted by atomic mass is 35.5. The number of hydrogen-bond acceptors (Lipinski definition) is 3. The Morgan fingerprint density at radius 1 is 1.47 bits per heavy atom. The van der Waals surface area contributed by atoms with E-state index < -0.39 is 6.10 Å². The Morgan fingerprint density at radius 3 is 2.95 bits per heavy atom. The molecule has 2 aromatic rings. The molecule has 0 fully saturated rings. The zero-order chi connectivity index (χ0) is 13.8. The van der Waals surface area contributed by atoms with Crippen LogP contribution in [0, 0.1) is 5.82 Å². The van der Waals surface area contributed by atoms with Crippen molar-refractivity contribution in [3.63, 3.8) is 0 Å². The van der Waals surface area contributed by atoms with E-state index in [9.17, 15) is 9.50 Å². The highest BCUT2D eigenvalue weighted by molar-refractivity contribution is 6.31. The van der Waals surface area contributed by atoms with Crippen molar-refractivity contribution in [2.75, 3.05) is 0 Å². The number of aliphatic hydroxyl groups excluding tert-OH is 1. The maximum Gasteiger partial charge on any atom is 0.138 e. The van der Waals surface area contributed by atoms with E-state index in [4.69, 9.17) is 11.6 Å². The predicted octanol–water partition coefficient (Wildman–Crippen LogP) is 2.43. The Hall–Kier alpha value is -1.46. The Balaban J connectivity index is 2.17. The van der Waals surface area contributed by atoms with Crippen molar-refractivity contribution in [3.05, 3.63) is 46.8 Å². The number of benzene rings is 1. The third-order valence-electron chi connectivity index (χ3n) is 2.91. The molecule has 4 nitrogen and oxygen atoms in total. The van der Waals surface area contributed by atoms with Crippen molar-refractivity contribution in [3.8, 4) is 0 Å². The lowest BCUT2D eigenvalue weighted by Crippen LogP contribution is -2.18. The molecule has 0 saturated heterocycles. The Bertz CT molecular complexity index is 559. The first-order valence-corrected chi connectivity index (χ1v) is 6.46. The van der Waals surface area contributed by atoms with Crippen molar-refractivity contribution < 1.29 is 9.50 Å². The average molecular weight is 284 g/mol. The van der Waals surface area contributed by atoms with Crippen LogP contribution in [0.3, 0.4) is 0 Å². The summed E-state index contributed by atoms with van der Waals surface area (Å²) in [5.74, 6) is 0.331. The third-order valence-corrected chi connectivity index (χ3v) is 3.27. The van der Waals surface area contributed by atoms with Crippen LogP contribution in [0.4, 0.5) is 4.39 Å². The molecule has 1 N–H and O–H groups in total. The molecule has 0 spiro atoms. The number of hydrogen-bond donors (Lipinski definition) is 1. The number of nitrogens with zero attached hydrogens (tertiary/aromatic N) is 3.